The van der Waals surface area contributed by atoms with E-state index in [2.05, 4.69) is 40.1 Å². The van der Waals surface area contributed by atoms with Crippen LogP contribution in [-0.4, -0.2) is 9.78 Å². The summed E-state index contributed by atoms with van der Waals surface area (Å²) >= 11 is 3.48. The van der Waals surface area contributed by atoms with Crippen molar-refractivity contribution in [1.29, 1.82) is 0 Å². The standard InChI is InChI=1S/C12H14BrN3/c1-7-4-5-9(13)6-10(7)11-8(2)16(3)15-12(11)14/h4-6H,1-3H3,(H2,14,15). The molecule has 0 atom stereocenters. The normalized spacial score (nSPS) is 10.8. The molecule has 0 fully saturated rings. The van der Waals surface area contributed by atoms with Crippen LogP contribution < -0.4 is 5.73 Å². The van der Waals surface area contributed by atoms with Gasteiger partial charge in [-0.1, -0.05) is 22.0 Å². The summed E-state index contributed by atoms with van der Waals surface area (Å²) in [6.45, 7) is 4.10. The van der Waals surface area contributed by atoms with Gasteiger partial charge in [-0.2, -0.15) is 5.10 Å². The Balaban J connectivity index is 2.71. The Morgan fingerprint density at radius 2 is 2.00 bits per heavy atom. The van der Waals surface area contributed by atoms with Crippen LogP contribution >= 0.6 is 15.9 Å². The van der Waals surface area contributed by atoms with Crippen molar-refractivity contribution >= 4 is 21.7 Å². The molecule has 4 heteroatoms. The lowest BCUT2D eigenvalue weighted by Crippen LogP contribution is -1.93. The molecule has 1 aromatic carbocycles. The first-order valence-electron chi connectivity index (χ1n) is 5.06. The van der Waals surface area contributed by atoms with Crippen LogP contribution in [-0.2, 0) is 7.05 Å². The average Bonchev–Trinajstić information content (AvgIpc) is 2.46. The smallest absolute Gasteiger partial charge is 0.153 e. The molecular weight excluding hydrogens is 266 g/mol. The van der Waals surface area contributed by atoms with E-state index in [4.69, 9.17) is 5.73 Å². The van der Waals surface area contributed by atoms with Gasteiger partial charge in [0, 0.05) is 22.8 Å². The van der Waals surface area contributed by atoms with Crippen molar-refractivity contribution in [1.82, 2.24) is 9.78 Å². The third-order valence-corrected chi connectivity index (χ3v) is 3.32. The largest absolute Gasteiger partial charge is 0.382 e. The van der Waals surface area contributed by atoms with E-state index in [1.165, 1.54) is 5.56 Å². The summed E-state index contributed by atoms with van der Waals surface area (Å²) < 4.78 is 2.86. The SMILES string of the molecule is Cc1ccc(Br)cc1-c1c(N)nn(C)c1C. The summed E-state index contributed by atoms with van der Waals surface area (Å²) in [6, 6.07) is 6.18. The third kappa shape index (κ3) is 1.73. The molecule has 2 N–H and O–H groups in total. The van der Waals surface area contributed by atoms with Gasteiger partial charge in [0.05, 0.1) is 0 Å². The van der Waals surface area contributed by atoms with Crippen molar-refractivity contribution in [3.05, 3.63) is 33.9 Å². The molecule has 1 heterocycles. The highest BCUT2D eigenvalue weighted by atomic mass is 79.9. The van der Waals surface area contributed by atoms with E-state index in [1.54, 1.807) is 0 Å². The molecule has 0 aliphatic rings. The Hall–Kier alpha value is -1.29. The van der Waals surface area contributed by atoms with Crippen LogP contribution in [0.25, 0.3) is 11.1 Å². The monoisotopic (exact) mass is 279 g/mol. The van der Waals surface area contributed by atoms with Crippen molar-refractivity contribution in [2.75, 3.05) is 5.73 Å². The van der Waals surface area contributed by atoms with E-state index in [-0.39, 0.29) is 0 Å². The molecule has 0 saturated heterocycles. The number of aryl methyl sites for hydroxylation is 2. The van der Waals surface area contributed by atoms with Gasteiger partial charge in [0.15, 0.2) is 5.82 Å². The molecule has 1 aromatic heterocycles. The number of hydrogen-bond acceptors (Lipinski definition) is 2. The van der Waals surface area contributed by atoms with E-state index in [0.717, 1.165) is 21.3 Å². The van der Waals surface area contributed by atoms with Crippen LogP contribution in [0, 0.1) is 13.8 Å². The fraction of sp³-hybridized carbons (Fsp3) is 0.250. The molecule has 0 aliphatic carbocycles. The second-order valence-electron chi connectivity index (χ2n) is 3.93. The highest BCUT2D eigenvalue weighted by Gasteiger charge is 2.14. The van der Waals surface area contributed by atoms with E-state index < -0.39 is 0 Å². The van der Waals surface area contributed by atoms with Gasteiger partial charge in [0.25, 0.3) is 0 Å². The fourth-order valence-corrected chi connectivity index (χ4v) is 2.19. The topological polar surface area (TPSA) is 43.8 Å². The highest BCUT2D eigenvalue weighted by Crippen LogP contribution is 2.32. The van der Waals surface area contributed by atoms with Gasteiger partial charge in [-0.25, -0.2) is 0 Å². The van der Waals surface area contributed by atoms with E-state index >= 15 is 0 Å². The van der Waals surface area contributed by atoms with Gasteiger partial charge in [0.2, 0.25) is 0 Å². The molecule has 0 saturated carbocycles. The molecular formula is C12H14BrN3. The zero-order valence-electron chi connectivity index (χ0n) is 9.58. The quantitative estimate of drug-likeness (QED) is 0.872. The highest BCUT2D eigenvalue weighted by molar-refractivity contribution is 9.10. The summed E-state index contributed by atoms with van der Waals surface area (Å²) in [5, 5.41) is 4.24. The Labute approximate surface area is 103 Å². The molecule has 2 aromatic rings. The first-order chi connectivity index (χ1) is 7.50. The lowest BCUT2D eigenvalue weighted by atomic mass is 10.0. The van der Waals surface area contributed by atoms with Crippen LogP contribution in [0.2, 0.25) is 0 Å². The van der Waals surface area contributed by atoms with Crippen molar-refractivity contribution in [2.45, 2.75) is 13.8 Å². The average molecular weight is 280 g/mol. The predicted molar refractivity (Wildman–Crippen MR) is 70.2 cm³/mol. The Morgan fingerprint density at radius 1 is 1.31 bits per heavy atom. The number of anilines is 1. The molecule has 0 spiro atoms. The zero-order chi connectivity index (χ0) is 11.9. The second kappa shape index (κ2) is 3.94. The van der Waals surface area contributed by atoms with Crippen LogP contribution in [0.3, 0.4) is 0 Å². The number of nitrogens with zero attached hydrogens (tertiary/aromatic N) is 2. The lowest BCUT2D eigenvalue weighted by molar-refractivity contribution is 0.744. The third-order valence-electron chi connectivity index (χ3n) is 2.83. The van der Waals surface area contributed by atoms with E-state index in [1.807, 2.05) is 24.7 Å². The number of halogens is 1. The maximum Gasteiger partial charge on any atom is 0.153 e. The molecule has 84 valence electrons. The predicted octanol–water partition coefficient (Wildman–Crippen LogP) is 3.05. The number of nitrogen functional groups attached to an aromatic ring is 1. The van der Waals surface area contributed by atoms with Gasteiger partial charge in [-0.15, -0.1) is 0 Å². The van der Waals surface area contributed by atoms with E-state index in [9.17, 15) is 0 Å². The van der Waals surface area contributed by atoms with Crippen molar-refractivity contribution in [3.8, 4) is 11.1 Å². The molecule has 0 bridgehead atoms. The van der Waals surface area contributed by atoms with Crippen LogP contribution in [0.5, 0.6) is 0 Å². The van der Waals surface area contributed by atoms with Gasteiger partial charge >= 0.3 is 0 Å². The van der Waals surface area contributed by atoms with Gasteiger partial charge in [0.1, 0.15) is 0 Å². The lowest BCUT2D eigenvalue weighted by Gasteiger charge is -2.07. The Bertz CT molecular complexity index is 543. The number of rotatable bonds is 1. The van der Waals surface area contributed by atoms with E-state index in [0.29, 0.717) is 5.82 Å². The van der Waals surface area contributed by atoms with Crippen LogP contribution in [0.15, 0.2) is 22.7 Å². The Morgan fingerprint density at radius 3 is 2.56 bits per heavy atom. The Kier molecular flexibility index (Phi) is 2.76. The zero-order valence-corrected chi connectivity index (χ0v) is 11.2. The van der Waals surface area contributed by atoms with Gasteiger partial charge in [-0.3, -0.25) is 4.68 Å². The molecule has 0 amide bonds. The summed E-state index contributed by atoms with van der Waals surface area (Å²) in [6.07, 6.45) is 0. The van der Waals surface area contributed by atoms with Crippen LogP contribution in [0.4, 0.5) is 5.82 Å². The number of hydrogen-bond donors (Lipinski definition) is 1. The van der Waals surface area contributed by atoms with Crippen molar-refractivity contribution < 1.29 is 0 Å². The summed E-state index contributed by atoms with van der Waals surface area (Å²) in [5.41, 5.74) is 10.4. The molecule has 0 radical (unpaired) electrons. The number of benzene rings is 1. The molecule has 3 nitrogen and oxygen atoms in total. The van der Waals surface area contributed by atoms with Crippen LogP contribution in [0.1, 0.15) is 11.3 Å². The summed E-state index contributed by atoms with van der Waals surface area (Å²) in [5.74, 6) is 0.584. The summed E-state index contributed by atoms with van der Waals surface area (Å²) in [4.78, 5) is 0. The first kappa shape index (κ1) is 11.2. The van der Waals surface area contributed by atoms with Gasteiger partial charge < -0.3 is 5.73 Å². The number of nitrogens with two attached hydrogens (primary N) is 1. The molecule has 0 aliphatic heterocycles. The first-order valence-corrected chi connectivity index (χ1v) is 5.85. The maximum absolute atomic E-state index is 5.95. The van der Waals surface area contributed by atoms with Crippen molar-refractivity contribution in [3.63, 3.8) is 0 Å². The second-order valence-corrected chi connectivity index (χ2v) is 4.84. The molecule has 16 heavy (non-hydrogen) atoms. The maximum atomic E-state index is 5.95. The minimum Gasteiger partial charge on any atom is -0.382 e. The minimum atomic E-state index is 0.584. The van der Waals surface area contributed by atoms with Gasteiger partial charge in [-0.05, 0) is 37.1 Å². The van der Waals surface area contributed by atoms with Crippen molar-refractivity contribution in [2.24, 2.45) is 7.05 Å². The fourth-order valence-electron chi connectivity index (χ4n) is 1.83. The molecule has 2 rings (SSSR count). The minimum absolute atomic E-state index is 0.584. The summed E-state index contributed by atoms with van der Waals surface area (Å²) in [7, 11) is 1.91. The molecule has 0 unspecified atom stereocenters. The number of aromatic nitrogens is 2.